The van der Waals surface area contributed by atoms with Gasteiger partial charge in [-0.05, 0) is 49.3 Å². The van der Waals surface area contributed by atoms with Gasteiger partial charge in [0.25, 0.3) is 0 Å². The van der Waals surface area contributed by atoms with Gasteiger partial charge in [-0.2, -0.15) is 0 Å². The zero-order chi connectivity index (χ0) is 13.3. The van der Waals surface area contributed by atoms with E-state index in [1.165, 1.54) is 37.7 Å². The maximum absolute atomic E-state index is 5.27. The van der Waals surface area contributed by atoms with Gasteiger partial charge in [-0.1, -0.05) is 25.5 Å². The number of hydrogen-bond donors (Lipinski definition) is 1. The topological polar surface area (TPSA) is 21.3 Å². The third-order valence-electron chi connectivity index (χ3n) is 4.95. The van der Waals surface area contributed by atoms with Crippen LogP contribution in [0, 0.1) is 5.92 Å². The molecule has 0 spiro atoms. The lowest BCUT2D eigenvalue weighted by Crippen LogP contribution is -2.48. The highest BCUT2D eigenvalue weighted by molar-refractivity contribution is 5.35. The van der Waals surface area contributed by atoms with E-state index < -0.39 is 0 Å². The second kappa shape index (κ2) is 5.16. The van der Waals surface area contributed by atoms with Crippen LogP contribution in [-0.2, 0) is 5.41 Å². The first-order chi connectivity index (χ1) is 9.25. The number of methoxy groups -OCH3 is 1. The lowest BCUT2D eigenvalue weighted by molar-refractivity contribution is 0.133. The molecule has 0 aromatic heterocycles. The molecule has 0 radical (unpaired) electrons. The van der Waals surface area contributed by atoms with Crippen molar-refractivity contribution in [3.8, 4) is 5.75 Å². The summed E-state index contributed by atoms with van der Waals surface area (Å²) in [4.78, 5) is 0. The first-order valence-corrected chi connectivity index (χ1v) is 7.63. The van der Waals surface area contributed by atoms with Crippen LogP contribution in [0.3, 0.4) is 0 Å². The number of nitrogens with one attached hydrogen (secondary N) is 1. The molecular weight excluding hydrogens is 234 g/mol. The van der Waals surface area contributed by atoms with Crippen molar-refractivity contribution >= 4 is 0 Å². The summed E-state index contributed by atoms with van der Waals surface area (Å²) in [7, 11) is 1.73. The summed E-state index contributed by atoms with van der Waals surface area (Å²) < 4.78 is 5.27. The molecule has 0 saturated heterocycles. The Morgan fingerprint density at radius 2 is 1.89 bits per heavy atom. The van der Waals surface area contributed by atoms with Crippen LogP contribution < -0.4 is 10.1 Å². The lowest BCUT2D eigenvalue weighted by Gasteiger charge is -2.48. The van der Waals surface area contributed by atoms with Crippen molar-refractivity contribution in [2.45, 2.75) is 50.5 Å². The normalized spacial score (nSPS) is 29.9. The fraction of sp³-hybridized carbons (Fsp3) is 0.647. The minimum Gasteiger partial charge on any atom is -0.497 e. The molecule has 0 aliphatic heterocycles. The maximum atomic E-state index is 5.27. The third-order valence-corrected chi connectivity index (χ3v) is 4.95. The highest BCUT2D eigenvalue weighted by atomic mass is 16.5. The second-order valence-electron chi connectivity index (χ2n) is 6.35. The molecule has 0 atom stereocenters. The number of benzene rings is 1. The molecule has 2 aliphatic rings. The number of ether oxygens (including phenoxy) is 1. The van der Waals surface area contributed by atoms with Crippen LogP contribution in [0.25, 0.3) is 0 Å². The van der Waals surface area contributed by atoms with E-state index in [0.717, 1.165) is 24.3 Å². The zero-order valence-corrected chi connectivity index (χ0v) is 12.1. The largest absolute Gasteiger partial charge is 0.497 e. The SMILES string of the molecule is CCC1CC(CNC2CC2)(c2ccc(OC)cc2)C1. The molecule has 1 aromatic rings. The Balaban J connectivity index is 1.73. The summed E-state index contributed by atoms with van der Waals surface area (Å²) in [5, 5.41) is 3.74. The van der Waals surface area contributed by atoms with Gasteiger partial charge in [0.15, 0.2) is 0 Å². The molecule has 0 amide bonds. The summed E-state index contributed by atoms with van der Waals surface area (Å²) >= 11 is 0. The first-order valence-electron chi connectivity index (χ1n) is 7.63. The predicted octanol–water partition coefficient (Wildman–Crippen LogP) is 3.51. The minimum absolute atomic E-state index is 0.384. The van der Waals surface area contributed by atoms with E-state index in [9.17, 15) is 0 Å². The van der Waals surface area contributed by atoms with Gasteiger partial charge >= 0.3 is 0 Å². The van der Waals surface area contributed by atoms with E-state index >= 15 is 0 Å². The lowest BCUT2D eigenvalue weighted by atomic mass is 9.58. The zero-order valence-electron chi connectivity index (χ0n) is 12.1. The summed E-state index contributed by atoms with van der Waals surface area (Å²) in [5.74, 6) is 1.88. The van der Waals surface area contributed by atoms with Gasteiger partial charge in [-0.3, -0.25) is 0 Å². The summed E-state index contributed by atoms with van der Waals surface area (Å²) in [5.41, 5.74) is 1.88. The van der Waals surface area contributed by atoms with Crippen molar-refractivity contribution in [1.82, 2.24) is 5.32 Å². The number of hydrogen-bond acceptors (Lipinski definition) is 2. The third kappa shape index (κ3) is 2.64. The van der Waals surface area contributed by atoms with Gasteiger partial charge in [0.05, 0.1) is 7.11 Å². The summed E-state index contributed by atoms with van der Waals surface area (Å²) in [6, 6.07) is 9.54. The van der Waals surface area contributed by atoms with E-state index in [2.05, 4.69) is 36.5 Å². The monoisotopic (exact) mass is 259 g/mol. The average molecular weight is 259 g/mol. The minimum atomic E-state index is 0.384. The highest BCUT2D eigenvalue weighted by Crippen LogP contribution is 2.49. The predicted molar refractivity (Wildman–Crippen MR) is 78.7 cm³/mol. The van der Waals surface area contributed by atoms with E-state index in [-0.39, 0.29) is 0 Å². The summed E-state index contributed by atoms with van der Waals surface area (Å²) in [6.07, 6.45) is 6.75. The molecule has 2 heteroatoms. The Labute approximate surface area is 116 Å². The molecule has 2 aliphatic carbocycles. The van der Waals surface area contributed by atoms with Crippen LogP contribution in [0.5, 0.6) is 5.75 Å². The Hall–Kier alpha value is -1.02. The van der Waals surface area contributed by atoms with Crippen molar-refractivity contribution in [3.05, 3.63) is 29.8 Å². The molecule has 2 fully saturated rings. The second-order valence-corrected chi connectivity index (χ2v) is 6.35. The Morgan fingerprint density at radius 3 is 2.42 bits per heavy atom. The maximum Gasteiger partial charge on any atom is 0.118 e. The van der Waals surface area contributed by atoms with Crippen LogP contribution >= 0.6 is 0 Å². The first kappa shape index (κ1) is 13.0. The smallest absolute Gasteiger partial charge is 0.118 e. The standard InChI is InChI=1S/C17H25NO/c1-3-13-10-17(11-13,12-18-15-6-7-15)14-4-8-16(19-2)9-5-14/h4-5,8-9,13,15,18H,3,6-7,10-12H2,1-2H3. The van der Waals surface area contributed by atoms with Crippen LogP contribution in [0.2, 0.25) is 0 Å². The van der Waals surface area contributed by atoms with Gasteiger partial charge in [-0.15, -0.1) is 0 Å². The molecule has 0 bridgehead atoms. The molecule has 19 heavy (non-hydrogen) atoms. The fourth-order valence-electron chi connectivity index (χ4n) is 3.39. The van der Waals surface area contributed by atoms with Gasteiger partial charge in [-0.25, -0.2) is 0 Å². The quantitative estimate of drug-likeness (QED) is 0.844. The van der Waals surface area contributed by atoms with Gasteiger partial charge in [0.1, 0.15) is 5.75 Å². The van der Waals surface area contributed by atoms with E-state index in [0.29, 0.717) is 5.41 Å². The summed E-state index contributed by atoms with van der Waals surface area (Å²) in [6.45, 7) is 3.47. The van der Waals surface area contributed by atoms with E-state index in [1.807, 2.05) is 0 Å². The fourth-order valence-corrected chi connectivity index (χ4v) is 3.39. The molecule has 3 rings (SSSR count). The van der Waals surface area contributed by atoms with E-state index in [1.54, 1.807) is 7.11 Å². The van der Waals surface area contributed by atoms with Crippen molar-refractivity contribution in [3.63, 3.8) is 0 Å². The molecule has 1 aromatic carbocycles. The van der Waals surface area contributed by atoms with Gasteiger partial charge in [0, 0.05) is 18.0 Å². The highest BCUT2D eigenvalue weighted by Gasteiger charge is 2.44. The van der Waals surface area contributed by atoms with Crippen molar-refractivity contribution < 1.29 is 4.74 Å². The molecule has 0 heterocycles. The van der Waals surface area contributed by atoms with Crippen molar-refractivity contribution in [2.75, 3.05) is 13.7 Å². The Kier molecular flexibility index (Phi) is 3.53. The van der Waals surface area contributed by atoms with Crippen LogP contribution in [0.15, 0.2) is 24.3 Å². The Morgan fingerprint density at radius 1 is 1.21 bits per heavy atom. The van der Waals surface area contributed by atoms with E-state index in [4.69, 9.17) is 4.74 Å². The van der Waals surface area contributed by atoms with Crippen LogP contribution in [-0.4, -0.2) is 19.7 Å². The average Bonchev–Trinajstić information content (AvgIpc) is 3.22. The van der Waals surface area contributed by atoms with Crippen molar-refractivity contribution in [1.29, 1.82) is 0 Å². The van der Waals surface area contributed by atoms with Gasteiger partial charge < -0.3 is 10.1 Å². The van der Waals surface area contributed by atoms with Gasteiger partial charge in [0.2, 0.25) is 0 Å². The molecule has 1 N–H and O–H groups in total. The van der Waals surface area contributed by atoms with Crippen LogP contribution in [0.4, 0.5) is 0 Å². The molecular formula is C17H25NO. The van der Waals surface area contributed by atoms with Crippen LogP contribution in [0.1, 0.15) is 44.6 Å². The number of rotatable bonds is 6. The molecule has 104 valence electrons. The van der Waals surface area contributed by atoms with Crippen molar-refractivity contribution in [2.24, 2.45) is 5.92 Å². The molecule has 2 saturated carbocycles. The molecule has 0 unspecified atom stereocenters. The Bertz CT molecular complexity index is 415. The molecule has 2 nitrogen and oxygen atoms in total.